The highest BCUT2D eigenvalue weighted by Crippen LogP contribution is 2.31. The van der Waals surface area contributed by atoms with Crippen LogP contribution in [0.2, 0.25) is 0 Å². The maximum absolute atomic E-state index is 12.4. The molecule has 0 saturated carbocycles. The van der Waals surface area contributed by atoms with Crippen molar-refractivity contribution in [3.8, 4) is 5.75 Å². The van der Waals surface area contributed by atoms with Crippen LogP contribution < -0.4 is 4.74 Å². The predicted octanol–water partition coefficient (Wildman–Crippen LogP) is 1.50. The first kappa shape index (κ1) is 21.1. The zero-order chi connectivity index (χ0) is 28.1. The quantitative estimate of drug-likeness (QED) is 0.286. The van der Waals surface area contributed by atoms with Gasteiger partial charge in [0.25, 0.3) is 0 Å². The topological polar surface area (TPSA) is 141 Å². The molecule has 0 spiro atoms. The Kier molecular flexibility index (Phi) is 7.87. The fraction of sp³-hybridized carbons (Fsp3) is 0.522. The molecule has 2 rings (SSSR count). The van der Waals surface area contributed by atoms with E-state index < -0.39 is 94.6 Å². The van der Waals surface area contributed by atoms with E-state index in [1.807, 2.05) is 0 Å². The minimum atomic E-state index is -1.59. The van der Waals surface area contributed by atoms with E-state index in [9.17, 15) is 24.0 Å². The summed E-state index contributed by atoms with van der Waals surface area (Å²) >= 11 is 0. The van der Waals surface area contributed by atoms with Gasteiger partial charge in [0.15, 0.2) is 18.3 Å². The number of carbonyl (C=O) groups is 5. The van der Waals surface area contributed by atoms with Gasteiger partial charge in [-0.15, -0.1) is 0 Å². The first-order valence-electron chi connectivity index (χ1n) is 12.9. The molecule has 1 aliphatic heterocycles. The van der Waals surface area contributed by atoms with Gasteiger partial charge in [0.05, 0.1) is 6.10 Å². The third kappa shape index (κ3) is 8.47. The molecule has 11 nitrogen and oxygen atoms in total. The monoisotopic (exact) mass is 484 g/mol. The fourth-order valence-corrected chi connectivity index (χ4v) is 3.34. The van der Waals surface area contributed by atoms with Gasteiger partial charge in [0.2, 0.25) is 0 Å². The maximum Gasteiger partial charge on any atom is 0.311 e. The van der Waals surface area contributed by atoms with Crippen molar-refractivity contribution in [2.24, 2.45) is 0 Å². The van der Waals surface area contributed by atoms with E-state index in [1.165, 1.54) is 0 Å². The lowest BCUT2D eigenvalue weighted by Crippen LogP contribution is -2.62. The van der Waals surface area contributed by atoms with E-state index in [1.54, 1.807) is 30.3 Å². The van der Waals surface area contributed by atoms with Crippen molar-refractivity contribution in [2.75, 3.05) is 6.61 Å². The van der Waals surface area contributed by atoms with Crippen LogP contribution in [0, 0.1) is 0 Å². The lowest BCUT2D eigenvalue weighted by molar-refractivity contribution is -0.253. The first-order chi connectivity index (χ1) is 18.2. The number of esters is 5. The van der Waals surface area contributed by atoms with Gasteiger partial charge < -0.3 is 28.4 Å². The highest BCUT2D eigenvalue weighted by Gasteiger charge is 2.51. The third-order valence-corrected chi connectivity index (χ3v) is 4.55. The molecule has 1 aromatic rings. The summed E-state index contributed by atoms with van der Waals surface area (Å²) in [6.07, 6.45) is -7.63. The molecule has 1 aromatic carbocycles. The Labute approximate surface area is 202 Å². The molecule has 1 saturated heterocycles. The molecule has 1 aliphatic rings. The van der Waals surface area contributed by atoms with E-state index in [0.29, 0.717) is 0 Å². The van der Waals surface area contributed by atoms with Crippen molar-refractivity contribution in [1.29, 1.82) is 0 Å². The molecule has 186 valence electrons. The molecule has 0 aromatic heterocycles. The van der Waals surface area contributed by atoms with Crippen LogP contribution in [0.5, 0.6) is 5.75 Å². The van der Waals surface area contributed by atoms with Crippen LogP contribution in [0.15, 0.2) is 30.3 Å². The Morgan fingerprint density at radius 2 is 1.35 bits per heavy atom. The summed E-state index contributed by atoms with van der Waals surface area (Å²) in [5, 5.41) is 0. The van der Waals surface area contributed by atoms with Crippen molar-refractivity contribution >= 4 is 29.8 Å². The lowest BCUT2D eigenvalue weighted by atomic mass is 9.92. The molecule has 5 atom stereocenters. The second-order valence-corrected chi connectivity index (χ2v) is 7.09. The van der Waals surface area contributed by atoms with E-state index in [-0.39, 0.29) is 18.6 Å². The van der Waals surface area contributed by atoms with Crippen LogP contribution in [-0.2, 0) is 47.7 Å². The van der Waals surface area contributed by atoms with Crippen molar-refractivity contribution in [2.45, 2.75) is 71.0 Å². The van der Waals surface area contributed by atoms with E-state index in [2.05, 4.69) is 0 Å². The summed E-state index contributed by atoms with van der Waals surface area (Å²) in [6, 6.07) is 8.18. The lowest BCUT2D eigenvalue weighted by Gasteiger charge is -2.44. The van der Waals surface area contributed by atoms with Crippen LogP contribution in [0.1, 0.15) is 45.9 Å². The molecule has 0 amide bonds. The molecule has 0 bridgehead atoms. The number of hydrogen-bond acceptors (Lipinski definition) is 11. The molecule has 34 heavy (non-hydrogen) atoms. The first-order valence-corrected chi connectivity index (χ1v) is 10.0. The molecule has 11 heteroatoms. The summed E-state index contributed by atoms with van der Waals surface area (Å²) in [6.45, 7) is -3.80. The summed E-state index contributed by atoms with van der Waals surface area (Å²) in [4.78, 5) is 60.2. The number of rotatable bonds is 9. The van der Waals surface area contributed by atoms with Gasteiger partial charge in [-0.05, 0) is 18.6 Å². The molecular formula is C23H28O11. The highest BCUT2D eigenvalue weighted by atomic mass is 16.7. The van der Waals surface area contributed by atoms with Crippen molar-refractivity contribution in [3.05, 3.63) is 30.3 Å². The van der Waals surface area contributed by atoms with Gasteiger partial charge in [0.1, 0.15) is 18.5 Å². The number of carbonyl (C=O) groups excluding carboxylic acids is 5. The number of para-hydroxylation sites is 1. The normalized spacial score (nSPS) is 25.4. The number of benzene rings is 1. The molecule has 1 heterocycles. The summed E-state index contributed by atoms with van der Waals surface area (Å²) in [5.74, 6) is -4.54. The molecular weight excluding hydrogens is 452 g/mol. The van der Waals surface area contributed by atoms with Gasteiger partial charge in [0, 0.05) is 39.5 Å². The van der Waals surface area contributed by atoms with Gasteiger partial charge >= 0.3 is 29.8 Å². The second kappa shape index (κ2) is 12.7. The van der Waals surface area contributed by atoms with Gasteiger partial charge in [-0.2, -0.15) is 0 Å². The molecule has 1 unspecified atom stereocenters. The third-order valence-electron chi connectivity index (χ3n) is 4.55. The summed E-state index contributed by atoms with van der Waals surface area (Å²) in [5.41, 5.74) is 0. The summed E-state index contributed by atoms with van der Waals surface area (Å²) < 4.78 is 60.8. The molecule has 0 radical (unpaired) electrons. The Balaban J connectivity index is 2.36. The smallest absolute Gasteiger partial charge is 0.311 e. The van der Waals surface area contributed by atoms with Crippen LogP contribution >= 0.6 is 0 Å². The van der Waals surface area contributed by atoms with Gasteiger partial charge in [-0.25, -0.2) is 0 Å². The van der Waals surface area contributed by atoms with Gasteiger partial charge in [-0.1, -0.05) is 18.2 Å². The van der Waals surface area contributed by atoms with Gasteiger partial charge in [-0.3, -0.25) is 24.0 Å². The number of ether oxygens (including phenoxy) is 6. The zero-order valence-corrected chi connectivity index (χ0v) is 18.2. The molecule has 1 fully saturated rings. The number of hydrogen-bond donors (Lipinski definition) is 0. The maximum atomic E-state index is 12.4. The minimum Gasteiger partial charge on any atom is -0.463 e. The molecule has 0 N–H and O–H groups in total. The van der Waals surface area contributed by atoms with Crippen LogP contribution in [0.4, 0.5) is 0 Å². The molecule has 0 aliphatic carbocycles. The van der Waals surface area contributed by atoms with E-state index >= 15 is 0 Å². The van der Waals surface area contributed by atoms with E-state index in [4.69, 9.17) is 33.9 Å². The van der Waals surface area contributed by atoms with Crippen LogP contribution in [0.25, 0.3) is 0 Å². The van der Waals surface area contributed by atoms with E-state index in [0.717, 1.165) is 0 Å². The minimum absolute atomic E-state index is 0.168. The SMILES string of the molecule is [2H]CC(=O)OC[C@H]1OC(CCC(=O)Oc2ccccc2)[C@H](OC(=O)C[2H])[C@@H](OC(=O)C[2H])[C@@H]1OC(=O)C[2H]. The van der Waals surface area contributed by atoms with Crippen LogP contribution in [-0.4, -0.2) is 67.0 Å². The van der Waals surface area contributed by atoms with Crippen molar-refractivity contribution in [1.82, 2.24) is 0 Å². The fourth-order valence-electron chi connectivity index (χ4n) is 3.34. The predicted molar refractivity (Wildman–Crippen MR) is 113 cm³/mol. The average molecular weight is 484 g/mol. The Morgan fingerprint density at radius 1 is 0.794 bits per heavy atom. The van der Waals surface area contributed by atoms with Crippen molar-refractivity contribution in [3.63, 3.8) is 0 Å². The zero-order valence-electron chi connectivity index (χ0n) is 22.2. The van der Waals surface area contributed by atoms with Crippen molar-refractivity contribution < 1.29 is 57.9 Å². The average Bonchev–Trinajstić information content (AvgIpc) is 2.93. The Hall–Kier alpha value is -3.47. The second-order valence-electron chi connectivity index (χ2n) is 7.09. The Bertz CT molecular complexity index is 962. The summed E-state index contributed by atoms with van der Waals surface area (Å²) in [7, 11) is 0. The standard InChI is InChI=1S/C23H28O11/c1-13(24)29-12-19-22(31-15(3)26)23(32-16(4)27)21(30-14(2)25)18(34-19)10-11-20(28)33-17-8-6-5-7-9-17/h5-9,18-19,21-23H,10-12H2,1-4H3/t18?,19-,21+,22-,23-/m1/s1/i1D,2D,3D,4D. The highest BCUT2D eigenvalue weighted by molar-refractivity contribution is 5.72. The largest absolute Gasteiger partial charge is 0.463 e. The van der Waals surface area contributed by atoms with Crippen LogP contribution in [0.3, 0.4) is 0 Å². The Morgan fingerprint density at radius 3 is 1.94 bits per heavy atom.